The van der Waals surface area contributed by atoms with Gasteiger partial charge in [0.05, 0.1) is 6.54 Å². The lowest BCUT2D eigenvalue weighted by molar-refractivity contribution is -0.137. The van der Waals surface area contributed by atoms with Gasteiger partial charge >= 0.3 is 5.97 Å². The van der Waals surface area contributed by atoms with Gasteiger partial charge in [-0.3, -0.25) is 14.6 Å². The van der Waals surface area contributed by atoms with Crippen LogP contribution in [0.2, 0.25) is 0 Å². The predicted octanol–water partition coefficient (Wildman–Crippen LogP) is 0.242. The van der Waals surface area contributed by atoms with E-state index in [0.29, 0.717) is 0 Å². The molecule has 1 rings (SSSR count). The number of amides is 1. The summed E-state index contributed by atoms with van der Waals surface area (Å²) in [6.07, 6.45) is 6.52. The fourth-order valence-corrected chi connectivity index (χ4v) is 1.12. The van der Waals surface area contributed by atoms with Crippen LogP contribution >= 0.6 is 0 Å². The van der Waals surface area contributed by atoms with E-state index in [4.69, 9.17) is 11.5 Å². The maximum atomic E-state index is 11.8. The van der Waals surface area contributed by atoms with E-state index < -0.39 is 18.4 Å². The van der Waals surface area contributed by atoms with Gasteiger partial charge in [0, 0.05) is 6.20 Å². The summed E-state index contributed by atoms with van der Waals surface area (Å²) in [6.45, 7) is -0.485. The van der Waals surface area contributed by atoms with Crippen molar-refractivity contribution in [3.05, 3.63) is 30.1 Å². The van der Waals surface area contributed by atoms with Crippen LogP contribution in [0.1, 0.15) is 10.5 Å². The molecule has 0 aliphatic rings. The van der Waals surface area contributed by atoms with Gasteiger partial charge in [-0.25, -0.2) is 0 Å². The number of carboxylic acid groups (broad SMARTS) is 1. The number of hydrogen-bond acceptors (Lipinski definition) is 3. The van der Waals surface area contributed by atoms with Crippen molar-refractivity contribution in [2.45, 2.75) is 0 Å². The Kier molecular flexibility index (Phi) is 4.04. The van der Waals surface area contributed by atoms with Gasteiger partial charge < -0.3 is 10.0 Å². The zero-order chi connectivity index (χ0) is 12.0. The minimum atomic E-state index is -1.11. The Bertz CT molecular complexity index is 423. The first-order valence-corrected chi connectivity index (χ1v) is 4.50. The molecule has 0 aliphatic carbocycles. The van der Waals surface area contributed by atoms with E-state index in [9.17, 15) is 9.59 Å². The molecule has 0 aromatic carbocycles. The van der Waals surface area contributed by atoms with Gasteiger partial charge in [0.1, 0.15) is 12.2 Å². The molecule has 0 spiro atoms. The minimum Gasteiger partial charge on any atom is -0.480 e. The summed E-state index contributed by atoms with van der Waals surface area (Å²) >= 11 is 0. The molecule has 0 fully saturated rings. The summed E-state index contributed by atoms with van der Waals surface area (Å²) in [5, 5.41) is 8.62. The third-order valence-corrected chi connectivity index (χ3v) is 1.78. The van der Waals surface area contributed by atoms with Crippen molar-refractivity contribution in [1.29, 1.82) is 0 Å². The summed E-state index contributed by atoms with van der Waals surface area (Å²) < 4.78 is 0. The number of aromatic nitrogens is 1. The fourth-order valence-electron chi connectivity index (χ4n) is 1.12. The second-order valence-electron chi connectivity index (χ2n) is 2.97. The fraction of sp³-hybridized carbons (Fsp3) is 0.182. The van der Waals surface area contributed by atoms with E-state index in [0.717, 1.165) is 4.90 Å². The van der Waals surface area contributed by atoms with E-state index in [1.54, 1.807) is 12.1 Å². The van der Waals surface area contributed by atoms with Crippen LogP contribution in [-0.2, 0) is 4.79 Å². The normalized spacial score (nSPS) is 9.19. The highest BCUT2D eigenvalue weighted by molar-refractivity contribution is 5.94. The molecule has 16 heavy (non-hydrogen) atoms. The molecule has 5 heteroatoms. The Labute approximate surface area is 92.7 Å². The van der Waals surface area contributed by atoms with Crippen molar-refractivity contribution in [2.75, 3.05) is 13.1 Å². The third-order valence-electron chi connectivity index (χ3n) is 1.78. The molecule has 0 aliphatic heterocycles. The first kappa shape index (κ1) is 11.7. The molecule has 1 aromatic rings. The van der Waals surface area contributed by atoms with Crippen molar-refractivity contribution in [1.82, 2.24) is 9.88 Å². The first-order chi connectivity index (χ1) is 7.65. The van der Waals surface area contributed by atoms with E-state index in [-0.39, 0.29) is 12.2 Å². The van der Waals surface area contributed by atoms with E-state index >= 15 is 0 Å². The SMILES string of the molecule is C#CCN(CC(=O)O)C(=O)c1ccccn1. The minimum absolute atomic E-state index is 0.0539. The summed E-state index contributed by atoms with van der Waals surface area (Å²) in [6, 6.07) is 4.82. The lowest BCUT2D eigenvalue weighted by Gasteiger charge is -2.16. The van der Waals surface area contributed by atoms with Crippen LogP contribution in [0.4, 0.5) is 0 Å². The molecule has 1 N–H and O–H groups in total. The number of hydrogen-bond donors (Lipinski definition) is 1. The van der Waals surface area contributed by atoms with Gasteiger partial charge in [0.25, 0.3) is 5.91 Å². The zero-order valence-corrected chi connectivity index (χ0v) is 8.46. The van der Waals surface area contributed by atoms with Crippen LogP contribution in [0.25, 0.3) is 0 Å². The molecule has 5 nitrogen and oxygen atoms in total. The Morgan fingerprint density at radius 2 is 2.25 bits per heavy atom. The van der Waals surface area contributed by atoms with Crippen LogP contribution < -0.4 is 0 Å². The summed E-state index contributed by atoms with van der Waals surface area (Å²) in [5.74, 6) is 0.641. The monoisotopic (exact) mass is 218 g/mol. The van der Waals surface area contributed by atoms with E-state index in [2.05, 4.69) is 10.9 Å². The van der Waals surface area contributed by atoms with Crippen LogP contribution in [0.3, 0.4) is 0 Å². The van der Waals surface area contributed by atoms with Crippen LogP contribution in [0.15, 0.2) is 24.4 Å². The van der Waals surface area contributed by atoms with Gasteiger partial charge in [-0.15, -0.1) is 6.42 Å². The van der Waals surface area contributed by atoms with Crippen LogP contribution in [-0.4, -0.2) is 40.0 Å². The van der Waals surface area contributed by atoms with Crippen LogP contribution in [0.5, 0.6) is 0 Å². The number of nitrogens with zero attached hydrogens (tertiary/aromatic N) is 2. The number of terminal acetylenes is 1. The maximum Gasteiger partial charge on any atom is 0.323 e. The van der Waals surface area contributed by atoms with E-state index in [1.165, 1.54) is 12.3 Å². The molecule has 82 valence electrons. The second kappa shape index (κ2) is 5.51. The first-order valence-electron chi connectivity index (χ1n) is 4.50. The number of aliphatic carboxylic acids is 1. The highest BCUT2D eigenvalue weighted by Gasteiger charge is 2.18. The number of pyridine rings is 1. The largest absolute Gasteiger partial charge is 0.480 e. The van der Waals surface area contributed by atoms with Gasteiger partial charge in [-0.05, 0) is 12.1 Å². The quantitative estimate of drug-likeness (QED) is 0.735. The highest BCUT2D eigenvalue weighted by Crippen LogP contribution is 2.00. The highest BCUT2D eigenvalue weighted by atomic mass is 16.4. The van der Waals surface area contributed by atoms with Crippen molar-refractivity contribution < 1.29 is 14.7 Å². The molecule has 0 atom stereocenters. The van der Waals surface area contributed by atoms with Gasteiger partial charge in [-0.2, -0.15) is 0 Å². The molecule has 0 unspecified atom stereocenters. The average Bonchev–Trinajstić information content (AvgIpc) is 2.28. The van der Waals surface area contributed by atoms with Crippen molar-refractivity contribution in [3.8, 4) is 12.3 Å². The molecule has 1 amide bonds. The number of carboxylic acids is 1. The Balaban J connectivity index is 2.84. The summed E-state index contributed by atoms with van der Waals surface area (Å²) in [4.78, 5) is 27.2. The van der Waals surface area contributed by atoms with Gasteiger partial charge in [0.15, 0.2) is 0 Å². The third kappa shape index (κ3) is 3.10. The van der Waals surface area contributed by atoms with Crippen molar-refractivity contribution in [3.63, 3.8) is 0 Å². The maximum absolute atomic E-state index is 11.8. The Morgan fingerprint density at radius 1 is 1.50 bits per heavy atom. The smallest absolute Gasteiger partial charge is 0.323 e. The van der Waals surface area contributed by atoms with E-state index in [1.807, 2.05) is 0 Å². The van der Waals surface area contributed by atoms with Gasteiger partial charge in [-0.1, -0.05) is 12.0 Å². The Hall–Kier alpha value is -2.35. The molecule has 0 saturated heterocycles. The van der Waals surface area contributed by atoms with Gasteiger partial charge in [0.2, 0.25) is 0 Å². The molecule has 1 aromatic heterocycles. The Morgan fingerprint density at radius 3 is 2.75 bits per heavy atom. The molecule has 1 heterocycles. The lowest BCUT2D eigenvalue weighted by atomic mass is 10.3. The molecule has 0 saturated carbocycles. The molecule has 0 radical (unpaired) electrons. The van der Waals surface area contributed by atoms with Crippen molar-refractivity contribution >= 4 is 11.9 Å². The average molecular weight is 218 g/mol. The second-order valence-corrected chi connectivity index (χ2v) is 2.97. The molecular formula is C11H10N2O3. The lowest BCUT2D eigenvalue weighted by Crippen LogP contribution is -2.36. The predicted molar refractivity (Wildman–Crippen MR) is 56.6 cm³/mol. The summed E-state index contributed by atoms with van der Waals surface area (Å²) in [5.41, 5.74) is 0.180. The molecule has 0 bridgehead atoms. The number of carbonyl (C=O) groups excluding carboxylic acids is 1. The topological polar surface area (TPSA) is 70.5 Å². The molecular weight excluding hydrogens is 208 g/mol. The zero-order valence-electron chi connectivity index (χ0n) is 8.46. The summed E-state index contributed by atoms with van der Waals surface area (Å²) in [7, 11) is 0. The van der Waals surface area contributed by atoms with Crippen molar-refractivity contribution in [2.24, 2.45) is 0 Å². The van der Waals surface area contributed by atoms with Crippen LogP contribution in [0, 0.1) is 12.3 Å². The number of rotatable bonds is 4. The number of carbonyl (C=O) groups is 2. The standard InChI is InChI=1S/C11H10N2O3/c1-2-7-13(8-10(14)15)11(16)9-5-3-4-6-12-9/h1,3-6H,7-8H2,(H,14,15).